The van der Waals surface area contributed by atoms with Crippen LogP contribution in [0.15, 0.2) is 0 Å². The smallest absolute Gasteiger partial charge is 0.281 e. The van der Waals surface area contributed by atoms with E-state index in [2.05, 4.69) is 10.2 Å². The van der Waals surface area contributed by atoms with Crippen molar-refractivity contribution >= 4 is 10.2 Å². The number of piperidine rings is 1. The van der Waals surface area contributed by atoms with Gasteiger partial charge in [0.2, 0.25) is 0 Å². The first-order valence-electron chi connectivity index (χ1n) is 6.64. The number of nitrogens with zero attached hydrogens (tertiary/aromatic N) is 3. The Bertz CT molecular complexity index is 357. The van der Waals surface area contributed by atoms with Crippen molar-refractivity contribution in [1.29, 1.82) is 0 Å². The van der Waals surface area contributed by atoms with E-state index in [-0.39, 0.29) is 0 Å². The van der Waals surface area contributed by atoms with Gasteiger partial charge in [-0.05, 0) is 12.8 Å². The van der Waals surface area contributed by atoms with Crippen LogP contribution in [0.1, 0.15) is 12.8 Å². The van der Waals surface area contributed by atoms with E-state index in [1.54, 1.807) is 18.4 Å². The normalized spacial score (nSPS) is 25.7. The molecule has 0 unspecified atom stereocenters. The fraction of sp³-hybridized carbons (Fsp3) is 1.00. The first-order chi connectivity index (χ1) is 8.51. The molecule has 0 bridgehead atoms. The molecule has 0 aromatic carbocycles. The quantitative estimate of drug-likeness (QED) is 0.730. The number of hydrogen-bond donors (Lipinski definition) is 1. The van der Waals surface area contributed by atoms with E-state index < -0.39 is 10.2 Å². The largest absolute Gasteiger partial charge is 0.314 e. The second-order valence-electron chi connectivity index (χ2n) is 5.21. The third-order valence-electron chi connectivity index (χ3n) is 3.88. The van der Waals surface area contributed by atoms with Gasteiger partial charge in [0.25, 0.3) is 10.2 Å². The van der Waals surface area contributed by atoms with Crippen LogP contribution in [0.2, 0.25) is 0 Å². The summed E-state index contributed by atoms with van der Waals surface area (Å²) in [6, 6.07) is 0.556. The maximum absolute atomic E-state index is 12.0. The molecule has 18 heavy (non-hydrogen) atoms. The summed E-state index contributed by atoms with van der Waals surface area (Å²) in [7, 11) is -0.0284. The summed E-state index contributed by atoms with van der Waals surface area (Å²) in [6.45, 7) is 5.58. The zero-order valence-electron chi connectivity index (χ0n) is 11.3. The number of hydrogen-bond acceptors (Lipinski definition) is 4. The van der Waals surface area contributed by atoms with Crippen LogP contribution in [-0.2, 0) is 10.2 Å². The highest BCUT2D eigenvalue weighted by Crippen LogP contribution is 2.19. The average Bonchev–Trinajstić information content (AvgIpc) is 2.40. The predicted molar refractivity (Wildman–Crippen MR) is 71.6 cm³/mol. The predicted octanol–water partition coefficient (Wildman–Crippen LogP) is -0.838. The van der Waals surface area contributed by atoms with Crippen LogP contribution in [0.5, 0.6) is 0 Å². The van der Waals surface area contributed by atoms with Crippen molar-refractivity contribution in [2.75, 3.05) is 53.4 Å². The first-order valence-corrected chi connectivity index (χ1v) is 8.04. The van der Waals surface area contributed by atoms with Crippen molar-refractivity contribution < 1.29 is 8.42 Å². The van der Waals surface area contributed by atoms with Gasteiger partial charge in [0.1, 0.15) is 0 Å². The average molecular weight is 276 g/mol. The molecule has 7 heteroatoms. The summed E-state index contributed by atoms with van der Waals surface area (Å²) >= 11 is 0. The topological polar surface area (TPSA) is 55.9 Å². The lowest BCUT2D eigenvalue weighted by Gasteiger charge is -2.40. The maximum atomic E-state index is 12.0. The van der Waals surface area contributed by atoms with Crippen LogP contribution in [0, 0.1) is 0 Å². The maximum Gasteiger partial charge on any atom is 0.281 e. The summed E-state index contributed by atoms with van der Waals surface area (Å²) in [4.78, 5) is 2.50. The first kappa shape index (κ1) is 14.2. The molecule has 1 N–H and O–H groups in total. The Morgan fingerprint density at radius 1 is 1.06 bits per heavy atom. The third kappa shape index (κ3) is 3.03. The van der Waals surface area contributed by atoms with E-state index >= 15 is 0 Å². The zero-order valence-corrected chi connectivity index (χ0v) is 12.1. The van der Waals surface area contributed by atoms with E-state index in [1.165, 1.54) is 4.31 Å². The van der Waals surface area contributed by atoms with Gasteiger partial charge in [-0.1, -0.05) is 0 Å². The molecule has 0 aliphatic carbocycles. The van der Waals surface area contributed by atoms with E-state index in [4.69, 9.17) is 0 Å². The zero-order chi connectivity index (χ0) is 13.2. The van der Waals surface area contributed by atoms with Crippen LogP contribution in [0.4, 0.5) is 0 Å². The second kappa shape index (κ2) is 5.83. The van der Waals surface area contributed by atoms with Gasteiger partial charge in [-0.25, -0.2) is 0 Å². The van der Waals surface area contributed by atoms with Gasteiger partial charge in [-0.3, -0.25) is 4.90 Å². The van der Waals surface area contributed by atoms with Gasteiger partial charge in [0.15, 0.2) is 0 Å². The lowest BCUT2D eigenvalue weighted by molar-refractivity contribution is 0.123. The van der Waals surface area contributed by atoms with Crippen molar-refractivity contribution in [2.45, 2.75) is 18.9 Å². The van der Waals surface area contributed by atoms with Crippen LogP contribution in [0.3, 0.4) is 0 Å². The molecule has 2 rings (SSSR count). The van der Waals surface area contributed by atoms with Crippen molar-refractivity contribution in [3.8, 4) is 0 Å². The fourth-order valence-electron chi connectivity index (χ4n) is 2.72. The van der Waals surface area contributed by atoms with E-state index in [1.807, 2.05) is 0 Å². The molecule has 0 spiro atoms. The van der Waals surface area contributed by atoms with Crippen LogP contribution in [0.25, 0.3) is 0 Å². The number of piperazine rings is 1. The summed E-state index contributed by atoms with van der Waals surface area (Å²) in [5.41, 5.74) is 0. The Morgan fingerprint density at radius 3 is 2.11 bits per heavy atom. The number of nitrogens with one attached hydrogen (secondary N) is 1. The highest BCUT2D eigenvalue weighted by Gasteiger charge is 2.31. The third-order valence-corrected chi connectivity index (χ3v) is 5.82. The molecule has 0 radical (unpaired) electrons. The molecule has 2 saturated heterocycles. The van der Waals surface area contributed by atoms with E-state index in [9.17, 15) is 8.42 Å². The van der Waals surface area contributed by atoms with Gasteiger partial charge in [-0.15, -0.1) is 0 Å². The fourth-order valence-corrected chi connectivity index (χ4v) is 3.85. The highest BCUT2D eigenvalue weighted by atomic mass is 32.2. The van der Waals surface area contributed by atoms with Crippen molar-refractivity contribution in [3.63, 3.8) is 0 Å². The van der Waals surface area contributed by atoms with Gasteiger partial charge in [0, 0.05) is 59.4 Å². The highest BCUT2D eigenvalue weighted by molar-refractivity contribution is 7.86. The molecule has 2 aliphatic rings. The molecule has 106 valence electrons. The molecule has 2 aliphatic heterocycles. The summed E-state index contributed by atoms with van der Waals surface area (Å²) in [5.74, 6) is 0. The Balaban J connectivity index is 1.88. The minimum atomic E-state index is -3.22. The molecule has 6 nitrogen and oxygen atoms in total. The van der Waals surface area contributed by atoms with Crippen molar-refractivity contribution in [1.82, 2.24) is 18.8 Å². The Morgan fingerprint density at radius 2 is 1.61 bits per heavy atom. The monoisotopic (exact) mass is 276 g/mol. The van der Waals surface area contributed by atoms with Crippen molar-refractivity contribution in [2.24, 2.45) is 0 Å². The van der Waals surface area contributed by atoms with Crippen LogP contribution < -0.4 is 5.32 Å². The molecule has 0 saturated carbocycles. The number of rotatable bonds is 3. The summed E-state index contributed by atoms with van der Waals surface area (Å²) in [6.07, 6.45) is 1.90. The van der Waals surface area contributed by atoms with Crippen LogP contribution >= 0.6 is 0 Å². The summed E-state index contributed by atoms with van der Waals surface area (Å²) < 4.78 is 26.9. The minimum Gasteiger partial charge on any atom is -0.314 e. The molecule has 0 amide bonds. The lowest BCUT2D eigenvalue weighted by Crippen LogP contribution is -2.53. The molecule has 0 atom stereocenters. The SMILES string of the molecule is CN(C)S(=O)(=O)N1CCC(N2CCNCC2)CC1. The van der Waals surface area contributed by atoms with Crippen molar-refractivity contribution in [3.05, 3.63) is 0 Å². The Labute approximate surface area is 110 Å². The molecule has 2 fully saturated rings. The Hall–Kier alpha value is -0.210. The molecule has 0 aromatic heterocycles. The standard InChI is InChI=1S/C11H24N4O2S/c1-13(2)18(16,17)15-7-3-11(4-8-15)14-9-5-12-6-10-14/h11-12H,3-10H2,1-2H3. The van der Waals surface area contributed by atoms with Crippen LogP contribution in [-0.4, -0.2) is 81.3 Å². The summed E-state index contributed by atoms with van der Waals surface area (Å²) in [5, 5.41) is 3.35. The molecule has 2 heterocycles. The lowest BCUT2D eigenvalue weighted by atomic mass is 10.0. The minimum absolute atomic E-state index is 0.556. The van der Waals surface area contributed by atoms with Gasteiger partial charge >= 0.3 is 0 Å². The van der Waals surface area contributed by atoms with Gasteiger partial charge < -0.3 is 5.32 Å². The molecule has 0 aromatic rings. The van der Waals surface area contributed by atoms with E-state index in [0.717, 1.165) is 39.0 Å². The van der Waals surface area contributed by atoms with Gasteiger partial charge in [-0.2, -0.15) is 17.0 Å². The molecular formula is C11H24N4O2S. The molecular weight excluding hydrogens is 252 g/mol. The van der Waals surface area contributed by atoms with Gasteiger partial charge in [0.05, 0.1) is 0 Å². The Kier molecular flexibility index (Phi) is 4.60. The van der Waals surface area contributed by atoms with E-state index in [0.29, 0.717) is 19.1 Å². The second-order valence-corrected chi connectivity index (χ2v) is 7.35.